The van der Waals surface area contributed by atoms with Crippen LogP contribution in [-0.2, 0) is 9.47 Å². The molecule has 2 fully saturated rings. The third kappa shape index (κ3) is 1.17. The van der Waals surface area contributed by atoms with Gasteiger partial charge in [-0.3, -0.25) is 0 Å². The van der Waals surface area contributed by atoms with Crippen molar-refractivity contribution in [2.24, 2.45) is 5.92 Å². The van der Waals surface area contributed by atoms with Gasteiger partial charge in [-0.05, 0) is 0 Å². The molecule has 0 saturated carbocycles. The molecule has 0 radical (unpaired) electrons. The lowest BCUT2D eigenvalue weighted by Gasteiger charge is -2.35. The van der Waals surface area contributed by atoms with Crippen molar-refractivity contribution < 1.29 is 9.47 Å². The van der Waals surface area contributed by atoms with E-state index >= 15 is 0 Å². The van der Waals surface area contributed by atoms with Gasteiger partial charge in [-0.1, -0.05) is 0 Å². The third-order valence-corrected chi connectivity index (χ3v) is 2.15. The molecular formula is C7H13NO2. The molecule has 0 amide bonds. The van der Waals surface area contributed by atoms with Crippen molar-refractivity contribution in [2.45, 2.75) is 6.10 Å². The predicted molar refractivity (Wildman–Crippen MR) is 36.9 cm³/mol. The summed E-state index contributed by atoms with van der Waals surface area (Å²) < 4.78 is 10.6. The average Bonchev–Trinajstić information content (AvgIpc) is 1.86. The molecule has 2 aliphatic heterocycles. The Hall–Kier alpha value is -0.120. The highest BCUT2D eigenvalue weighted by Gasteiger charge is 2.29. The SMILES string of the molecule is C1CO[C@@H](C2COC2)CN1. The topological polar surface area (TPSA) is 30.5 Å². The molecule has 0 spiro atoms. The Morgan fingerprint density at radius 1 is 1.30 bits per heavy atom. The standard InChI is InChI=1S/C7H13NO2/c1-2-10-7(3-8-1)6-4-9-5-6/h6-8H,1-5H2/t7-/m1/s1. The van der Waals surface area contributed by atoms with Crippen LogP contribution in [0.2, 0.25) is 0 Å². The van der Waals surface area contributed by atoms with Crippen LogP contribution in [0.25, 0.3) is 0 Å². The number of hydrogen-bond acceptors (Lipinski definition) is 3. The van der Waals surface area contributed by atoms with Crippen molar-refractivity contribution in [2.75, 3.05) is 32.9 Å². The fourth-order valence-corrected chi connectivity index (χ4v) is 1.36. The summed E-state index contributed by atoms with van der Waals surface area (Å²) >= 11 is 0. The lowest BCUT2D eigenvalue weighted by molar-refractivity contribution is -0.121. The first-order chi connectivity index (χ1) is 4.97. The van der Waals surface area contributed by atoms with Gasteiger partial charge in [-0.15, -0.1) is 0 Å². The van der Waals surface area contributed by atoms with Crippen molar-refractivity contribution >= 4 is 0 Å². The van der Waals surface area contributed by atoms with Gasteiger partial charge >= 0.3 is 0 Å². The highest BCUT2D eigenvalue weighted by atomic mass is 16.5. The molecule has 0 aliphatic carbocycles. The first-order valence-electron chi connectivity index (χ1n) is 3.87. The molecule has 0 aromatic rings. The van der Waals surface area contributed by atoms with Crippen LogP contribution in [0, 0.1) is 5.92 Å². The highest BCUT2D eigenvalue weighted by molar-refractivity contribution is 4.79. The number of ether oxygens (including phenoxy) is 2. The third-order valence-electron chi connectivity index (χ3n) is 2.15. The van der Waals surface area contributed by atoms with Gasteiger partial charge in [0, 0.05) is 19.0 Å². The molecule has 0 bridgehead atoms. The molecule has 58 valence electrons. The van der Waals surface area contributed by atoms with Crippen LogP contribution in [0.15, 0.2) is 0 Å². The Kier molecular flexibility index (Phi) is 1.88. The molecule has 2 aliphatic rings. The Bertz CT molecular complexity index is 108. The quantitative estimate of drug-likeness (QED) is 0.543. The van der Waals surface area contributed by atoms with Gasteiger partial charge < -0.3 is 14.8 Å². The van der Waals surface area contributed by atoms with Crippen LogP contribution in [0.4, 0.5) is 0 Å². The summed E-state index contributed by atoms with van der Waals surface area (Å²) in [4.78, 5) is 0. The predicted octanol–water partition coefficient (Wildman–Crippen LogP) is -0.379. The van der Waals surface area contributed by atoms with E-state index in [0.29, 0.717) is 12.0 Å². The smallest absolute Gasteiger partial charge is 0.0772 e. The van der Waals surface area contributed by atoms with Crippen LogP contribution in [0.1, 0.15) is 0 Å². The van der Waals surface area contributed by atoms with E-state index in [0.717, 1.165) is 32.9 Å². The first kappa shape index (κ1) is 6.58. The Balaban J connectivity index is 1.78. The number of hydrogen-bond donors (Lipinski definition) is 1. The van der Waals surface area contributed by atoms with Crippen LogP contribution in [0.5, 0.6) is 0 Å². The second kappa shape index (κ2) is 2.86. The summed E-state index contributed by atoms with van der Waals surface area (Å²) in [7, 11) is 0. The zero-order valence-corrected chi connectivity index (χ0v) is 6.01. The summed E-state index contributed by atoms with van der Waals surface area (Å²) in [5.74, 6) is 0.660. The largest absolute Gasteiger partial charge is 0.380 e. The van der Waals surface area contributed by atoms with E-state index in [2.05, 4.69) is 5.32 Å². The Morgan fingerprint density at radius 3 is 2.70 bits per heavy atom. The minimum Gasteiger partial charge on any atom is -0.380 e. The molecular weight excluding hydrogens is 130 g/mol. The van der Waals surface area contributed by atoms with Crippen molar-refractivity contribution in [1.82, 2.24) is 5.32 Å². The van der Waals surface area contributed by atoms with E-state index in [1.807, 2.05) is 0 Å². The molecule has 10 heavy (non-hydrogen) atoms. The van der Waals surface area contributed by atoms with Gasteiger partial charge in [0.25, 0.3) is 0 Å². The molecule has 1 N–H and O–H groups in total. The van der Waals surface area contributed by atoms with Crippen molar-refractivity contribution in [1.29, 1.82) is 0 Å². The summed E-state index contributed by atoms with van der Waals surface area (Å²) in [6.45, 7) is 4.66. The molecule has 0 unspecified atom stereocenters. The first-order valence-corrected chi connectivity index (χ1v) is 3.87. The maximum Gasteiger partial charge on any atom is 0.0772 e. The van der Waals surface area contributed by atoms with Crippen molar-refractivity contribution in [3.8, 4) is 0 Å². The Morgan fingerprint density at radius 2 is 2.20 bits per heavy atom. The monoisotopic (exact) mass is 143 g/mol. The van der Waals surface area contributed by atoms with Crippen LogP contribution in [0.3, 0.4) is 0 Å². The average molecular weight is 143 g/mol. The van der Waals surface area contributed by atoms with Gasteiger partial charge in [0.1, 0.15) is 0 Å². The maximum absolute atomic E-state index is 5.54. The molecule has 2 saturated heterocycles. The van der Waals surface area contributed by atoms with Crippen LogP contribution >= 0.6 is 0 Å². The Labute approximate surface area is 60.7 Å². The van der Waals surface area contributed by atoms with E-state index < -0.39 is 0 Å². The summed E-state index contributed by atoms with van der Waals surface area (Å²) in [6, 6.07) is 0. The van der Waals surface area contributed by atoms with Gasteiger partial charge in [0.2, 0.25) is 0 Å². The number of rotatable bonds is 1. The normalized spacial score (nSPS) is 35.4. The number of morpholine rings is 1. The second-order valence-corrected chi connectivity index (χ2v) is 2.91. The fraction of sp³-hybridized carbons (Fsp3) is 1.00. The zero-order chi connectivity index (χ0) is 6.81. The van der Waals surface area contributed by atoms with E-state index in [4.69, 9.17) is 9.47 Å². The molecule has 2 rings (SSSR count). The minimum atomic E-state index is 0.419. The van der Waals surface area contributed by atoms with Gasteiger partial charge in [0.15, 0.2) is 0 Å². The summed E-state index contributed by atoms with van der Waals surface area (Å²) in [5, 5.41) is 3.30. The molecule has 0 aromatic heterocycles. The van der Waals surface area contributed by atoms with Crippen molar-refractivity contribution in [3.63, 3.8) is 0 Å². The summed E-state index contributed by atoms with van der Waals surface area (Å²) in [6.07, 6.45) is 0.419. The van der Waals surface area contributed by atoms with E-state index in [9.17, 15) is 0 Å². The maximum atomic E-state index is 5.54. The second-order valence-electron chi connectivity index (χ2n) is 2.91. The van der Waals surface area contributed by atoms with Crippen LogP contribution in [-0.4, -0.2) is 39.0 Å². The highest BCUT2D eigenvalue weighted by Crippen LogP contribution is 2.18. The van der Waals surface area contributed by atoms with E-state index in [1.54, 1.807) is 0 Å². The minimum absolute atomic E-state index is 0.419. The van der Waals surface area contributed by atoms with Gasteiger partial charge in [-0.2, -0.15) is 0 Å². The zero-order valence-electron chi connectivity index (χ0n) is 6.01. The van der Waals surface area contributed by atoms with Gasteiger partial charge in [-0.25, -0.2) is 0 Å². The van der Waals surface area contributed by atoms with E-state index in [-0.39, 0.29) is 0 Å². The van der Waals surface area contributed by atoms with Crippen LogP contribution < -0.4 is 5.32 Å². The lowest BCUT2D eigenvalue weighted by Crippen LogP contribution is -2.49. The fourth-order valence-electron chi connectivity index (χ4n) is 1.36. The molecule has 3 nitrogen and oxygen atoms in total. The van der Waals surface area contributed by atoms with Gasteiger partial charge in [0.05, 0.1) is 25.9 Å². The lowest BCUT2D eigenvalue weighted by atomic mass is 10.00. The molecule has 3 heteroatoms. The van der Waals surface area contributed by atoms with Crippen molar-refractivity contribution in [3.05, 3.63) is 0 Å². The number of nitrogens with one attached hydrogen (secondary N) is 1. The molecule has 2 heterocycles. The summed E-state index contributed by atoms with van der Waals surface area (Å²) in [5.41, 5.74) is 0. The van der Waals surface area contributed by atoms with E-state index in [1.165, 1.54) is 0 Å². The molecule has 1 atom stereocenters. The molecule has 0 aromatic carbocycles.